The predicted octanol–water partition coefficient (Wildman–Crippen LogP) is 5.52. The van der Waals surface area contributed by atoms with Crippen LogP contribution in [0.15, 0.2) is 113 Å². The van der Waals surface area contributed by atoms with Gasteiger partial charge in [0.1, 0.15) is 17.0 Å². The highest BCUT2D eigenvalue weighted by Crippen LogP contribution is 2.19. The number of para-hydroxylation sites is 1. The lowest BCUT2D eigenvalue weighted by Gasteiger charge is -2.07. The largest absolute Gasteiger partial charge is 0.268 e. The molecule has 0 bridgehead atoms. The molecule has 4 heteroatoms. The molecule has 0 spiro atoms. The van der Waals surface area contributed by atoms with Crippen LogP contribution in [0.4, 0.5) is 10.1 Å². The summed E-state index contributed by atoms with van der Waals surface area (Å²) in [4.78, 5) is 18.1. The monoisotopic (exact) mass is 392 g/mol. The lowest BCUT2D eigenvalue weighted by atomic mass is 10.1. The van der Waals surface area contributed by atoms with Crippen LogP contribution >= 0.6 is 0 Å². The lowest BCUT2D eigenvalue weighted by Crippen LogP contribution is -2.28. The highest BCUT2D eigenvalue weighted by Gasteiger charge is 2.08. The van der Waals surface area contributed by atoms with Gasteiger partial charge in [0.15, 0.2) is 0 Å². The molecule has 1 heterocycles. The molecule has 0 saturated heterocycles. The molecule has 5 rings (SSSR count). The molecular weight excluding hydrogens is 375 g/mol. The minimum absolute atomic E-state index is 0.182. The van der Waals surface area contributed by atoms with E-state index < -0.39 is 5.82 Å². The first kappa shape index (κ1) is 18.0. The molecule has 0 aliphatic heterocycles. The fraction of sp³-hybridized carbons (Fsp3) is 0. The molecule has 0 atom stereocenters. The van der Waals surface area contributed by atoms with E-state index in [9.17, 15) is 9.18 Å². The Morgan fingerprint density at radius 3 is 2.17 bits per heavy atom. The van der Waals surface area contributed by atoms with Crippen molar-refractivity contribution in [3.05, 3.63) is 125 Å². The fourth-order valence-corrected chi connectivity index (χ4v) is 3.62. The van der Waals surface area contributed by atoms with Gasteiger partial charge in [0.2, 0.25) is 0 Å². The van der Waals surface area contributed by atoms with E-state index in [-0.39, 0.29) is 11.2 Å². The third kappa shape index (κ3) is 3.18. The fourth-order valence-electron chi connectivity index (χ4n) is 3.62. The SMILES string of the molecule is O=c1c2ccccc2ccc(=Nc2ccccc2F)n1-c1ccc2ccccc2c1. The van der Waals surface area contributed by atoms with Gasteiger partial charge in [0, 0.05) is 5.39 Å². The van der Waals surface area contributed by atoms with Crippen molar-refractivity contribution in [1.29, 1.82) is 0 Å². The number of nitrogens with zero attached hydrogens (tertiary/aromatic N) is 2. The molecule has 30 heavy (non-hydrogen) atoms. The molecule has 5 aromatic rings. The molecule has 0 aliphatic carbocycles. The summed E-state index contributed by atoms with van der Waals surface area (Å²) < 4.78 is 15.9. The maximum absolute atomic E-state index is 14.3. The Hall–Kier alpha value is -4.05. The Balaban J connectivity index is 1.92. The van der Waals surface area contributed by atoms with Crippen molar-refractivity contribution in [1.82, 2.24) is 4.57 Å². The van der Waals surface area contributed by atoms with Gasteiger partial charge in [-0.15, -0.1) is 0 Å². The van der Waals surface area contributed by atoms with Crippen molar-refractivity contribution in [2.45, 2.75) is 0 Å². The smallest absolute Gasteiger partial charge is 0.264 e. The average molecular weight is 392 g/mol. The summed E-state index contributed by atoms with van der Waals surface area (Å²) in [5, 5.41) is 3.45. The number of hydrogen-bond donors (Lipinski definition) is 0. The normalized spacial score (nSPS) is 11.8. The maximum atomic E-state index is 14.3. The predicted molar refractivity (Wildman–Crippen MR) is 119 cm³/mol. The Morgan fingerprint density at radius 2 is 1.33 bits per heavy atom. The van der Waals surface area contributed by atoms with Gasteiger partial charge in [-0.2, -0.15) is 0 Å². The van der Waals surface area contributed by atoms with Gasteiger partial charge in [0.05, 0.1) is 5.69 Å². The second-order valence-corrected chi connectivity index (χ2v) is 7.01. The average Bonchev–Trinajstić information content (AvgIpc) is 2.92. The summed E-state index contributed by atoms with van der Waals surface area (Å²) in [6.07, 6.45) is 0. The van der Waals surface area contributed by atoms with Crippen LogP contribution in [0.3, 0.4) is 0 Å². The van der Waals surface area contributed by atoms with Gasteiger partial charge in [-0.3, -0.25) is 9.36 Å². The van der Waals surface area contributed by atoms with Crippen molar-refractivity contribution in [3.8, 4) is 5.69 Å². The number of benzene rings is 4. The van der Waals surface area contributed by atoms with Crippen LogP contribution in [0.2, 0.25) is 0 Å². The molecule has 0 aliphatic rings. The Labute approximate surface area is 172 Å². The molecule has 1 aromatic heterocycles. The van der Waals surface area contributed by atoms with E-state index in [1.165, 1.54) is 6.07 Å². The van der Waals surface area contributed by atoms with E-state index >= 15 is 0 Å². The van der Waals surface area contributed by atoms with Crippen LogP contribution in [-0.4, -0.2) is 4.57 Å². The van der Waals surface area contributed by atoms with Crippen molar-refractivity contribution < 1.29 is 4.39 Å². The zero-order chi connectivity index (χ0) is 20.5. The highest BCUT2D eigenvalue weighted by molar-refractivity contribution is 5.85. The quantitative estimate of drug-likeness (QED) is 0.390. The van der Waals surface area contributed by atoms with Gasteiger partial charge >= 0.3 is 0 Å². The van der Waals surface area contributed by atoms with E-state index in [2.05, 4.69) is 4.99 Å². The lowest BCUT2D eigenvalue weighted by molar-refractivity contribution is 0.628. The highest BCUT2D eigenvalue weighted by atomic mass is 19.1. The van der Waals surface area contributed by atoms with Gasteiger partial charge in [0.25, 0.3) is 5.56 Å². The van der Waals surface area contributed by atoms with E-state index in [0.717, 1.165) is 16.2 Å². The first-order valence-electron chi connectivity index (χ1n) is 9.64. The standard InChI is InChI=1S/C26H17FN2O/c27-23-11-5-6-12-24(23)28-25-16-14-19-8-3-4-10-22(19)26(30)29(25)21-15-13-18-7-1-2-9-20(18)17-21/h1-17H. The van der Waals surface area contributed by atoms with Crippen LogP contribution in [0, 0.1) is 5.82 Å². The van der Waals surface area contributed by atoms with E-state index in [1.807, 2.05) is 66.7 Å². The molecule has 0 amide bonds. The van der Waals surface area contributed by atoms with Crippen molar-refractivity contribution in [3.63, 3.8) is 0 Å². The topological polar surface area (TPSA) is 34.4 Å². The van der Waals surface area contributed by atoms with Crippen molar-refractivity contribution >= 4 is 27.2 Å². The summed E-state index contributed by atoms with van der Waals surface area (Å²) in [5.74, 6) is -0.439. The molecule has 0 fully saturated rings. The molecule has 0 radical (unpaired) electrons. The summed E-state index contributed by atoms with van der Waals surface area (Å²) in [6, 6.07) is 31.0. The van der Waals surface area contributed by atoms with Crippen LogP contribution in [-0.2, 0) is 0 Å². The zero-order valence-corrected chi connectivity index (χ0v) is 16.0. The van der Waals surface area contributed by atoms with Gasteiger partial charge < -0.3 is 0 Å². The number of halogens is 1. The van der Waals surface area contributed by atoms with Crippen LogP contribution in [0.5, 0.6) is 0 Å². The Bertz CT molecular complexity index is 1540. The van der Waals surface area contributed by atoms with Crippen molar-refractivity contribution in [2.75, 3.05) is 0 Å². The van der Waals surface area contributed by atoms with Gasteiger partial charge in [-0.05, 0) is 52.6 Å². The molecule has 0 unspecified atom stereocenters. The number of hydrogen-bond acceptors (Lipinski definition) is 2. The number of rotatable bonds is 2. The second kappa shape index (κ2) is 7.41. The third-order valence-corrected chi connectivity index (χ3v) is 5.11. The molecule has 4 aromatic carbocycles. The minimum Gasteiger partial charge on any atom is -0.268 e. The summed E-state index contributed by atoms with van der Waals surface area (Å²) in [5.41, 5.74) is 1.01. The van der Waals surface area contributed by atoms with Crippen molar-refractivity contribution in [2.24, 2.45) is 4.99 Å². The summed E-state index contributed by atoms with van der Waals surface area (Å²) >= 11 is 0. The van der Waals surface area contributed by atoms with E-state index in [0.29, 0.717) is 16.6 Å². The second-order valence-electron chi connectivity index (χ2n) is 7.01. The Morgan fingerprint density at radius 1 is 0.667 bits per heavy atom. The van der Waals surface area contributed by atoms with Crippen LogP contribution in [0.1, 0.15) is 0 Å². The molecule has 0 saturated carbocycles. The van der Waals surface area contributed by atoms with Crippen LogP contribution in [0.25, 0.3) is 27.2 Å². The molecule has 3 nitrogen and oxygen atoms in total. The summed E-state index contributed by atoms with van der Waals surface area (Å²) in [7, 11) is 0. The number of aromatic nitrogens is 1. The van der Waals surface area contributed by atoms with E-state index in [4.69, 9.17) is 0 Å². The first-order chi connectivity index (χ1) is 14.7. The molecule has 0 N–H and O–H groups in total. The zero-order valence-electron chi connectivity index (χ0n) is 16.0. The summed E-state index contributed by atoms with van der Waals surface area (Å²) in [6.45, 7) is 0. The van der Waals surface area contributed by atoms with E-state index in [1.54, 1.807) is 34.9 Å². The van der Waals surface area contributed by atoms with Gasteiger partial charge in [-0.1, -0.05) is 66.7 Å². The van der Waals surface area contributed by atoms with Gasteiger partial charge in [-0.25, -0.2) is 9.38 Å². The van der Waals surface area contributed by atoms with Crippen LogP contribution < -0.4 is 11.0 Å². The Kier molecular flexibility index (Phi) is 4.45. The first-order valence-corrected chi connectivity index (χ1v) is 9.64. The third-order valence-electron chi connectivity index (χ3n) is 5.11. The number of fused-ring (bicyclic) bond motifs is 2. The maximum Gasteiger partial charge on any atom is 0.264 e. The molecular formula is C26H17FN2O. The molecule has 144 valence electrons. The minimum atomic E-state index is -0.439.